The maximum atomic E-state index is 10.2. The van der Waals surface area contributed by atoms with E-state index in [4.69, 9.17) is 16.7 Å². The average Bonchev–Trinajstić information content (AvgIpc) is 1.94. The second-order valence-corrected chi connectivity index (χ2v) is 2.39. The Hall–Kier alpha value is -0.623. The standard InChI is InChI=1S/C7H5ClO3.Li/c8-4-1-2-6(9)5(3-4)7(10)11;/h1-3,9H,(H,10,11);/q;+1/p-1. The summed E-state index contributed by atoms with van der Waals surface area (Å²) in [6.07, 6.45) is 0. The first-order chi connectivity index (χ1) is 5.11. The zero-order valence-electron chi connectivity index (χ0n) is 6.37. The summed E-state index contributed by atoms with van der Waals surface area (Å²) in [6, 6.07) is 3.73. The van der Waals surface area contributed by atoms with Crippen molar-refractivity contribution in [1.82, 2.24) is 0 Å². The maximum absolute atomic E-state index is 10.2. The van der Waals surface area contributed by atoms with E-state index in [9.17, 15) is 9.90 Å². The summed E-state index contributed by atoms with van der Waals surface area (Å²) in [5.74, 6) is -1.78. The van der Waals surface area contributed by atoms with Crippen molar-refractivity contribution in [2.45, 2.75) is 0 Å². The summed E-state index contributed by atoms with van der Waals surface area (Å²) in [6.45, 7) is 0. The molecular weight excluding hydrogens is 174 g/mol. The fourth-order valence-electron chi connectivity index (χ4n) is 0.672. The van der Waals surface area contributed by atoms with Crippen LogP contribution in [0.2, 0.25) is 5.02 Å². The van der Waals surface area contributed by atoms with Crippen LogP contribution in [0.3, 0.4) is 0 Å². The Morgan fingerprint density at radius 3 is 2.50 bits per heavy atom. The molecule has 3 nitrogen and oxygen atoms in total. The van der Waals surface area contributed by atoms with Crippen molar-refractivity contribution in [1.29, 1.82) is 0 Å². The first-order valence-corrected chi connectivity index (χ1v) is 3.19. The number of hydrogen-bond donors (Lipinski definition) is 1. The molecule has 58 valence electrons. The van der Waals surface area contributed by atoms with Gasteiger partial charge in [0.15, 0.2) is 0 Å². The van der Waals surface area contributed by atoms with Crippen LogP contribution < -0.4 is 24.0 Å². The van der Waals surface area contributed by atoms with Gasteiger partial charge in [0.25, 0.3) is 0 Å². The second-order valence-electron chi connectivity index (χ2n) is 1.95. The summed E-state index contributed by atoms with van der Waals surface area (Å²) < 4.78 is 0. The minimum absolute atomic E-state index is 0. The molecule has 0 radical (unpaired) electrons. The predicted molar refractivity (Wildman–Crippen MR) is 37.4 cm³/mol. The van der Waals surface area contributed by atoms with Gasteiger partial charge in [-0.1, -0.05) is 11.6 Å². The van der Waals surface area contributed by atoms with Crippen LogP contribution in [0.25, 0.3) is 0 Å². The van der Waals surface area contributed by atoms with E-state index in [0.717, 1.165) is 6.07 Å². The van der Waals surface area contributed by atoms with Gasteiger partial charge in [-0.3, -0.25) is 0 Å². The zero-order valence-corrected chi connectivity index (χ0v) is 7.13. The Balaban J connectivity index is 0.00000121. The number of hydrogen-bond acceptors (Lipinski definition) is 3. The van der Waals surface area contributed by atoms with Crippen molar-refractivity contribution in [3.8, 4) is 5.75 Å². The van der Waals surface area contributed by atoms with E-state index in [1.807, 2.05) is 0 Å². The molecule has 0 aliphatic carbocycles. The molecule has 1 rings (SSSR count). The molecule has 5 heteroatoms. The third kappa shape index (κ3) is 2.45. The van der Waals surface area contributed by atoms with Crippen LogP contribution in [0.15, 0.2) is 18.2 Å². The molecule has 0 saturated heterocycles. The van der Waals surface area contributed by atoms with Crippen LogP contribution in [-0.4, -0.2) is 11.1 Å². The minimum atomic E-state index is -1.44. The van der Waals surface area contributed by atoms with Crippen molar-refractivity contribution >= 4 is 17.6 Å². The Morgan fingerprint density at radius 1 is 1.50 bits per heavy atom. The molecule has 1 aromatic carbocycles. The van der Waals surface area contributed by atoms with Crippen LogP contribution in [-0.2, 0) is 0 Å². The molecular formula is C7H4ClLiO3. The summed E-state index contributed by atoms with van der Waals surface area (Å²) in [5, 5.41) is 19.4. The van der Waals surface area contributed by atoms with E-state index in [-0.39, 0.29) is 35.2 Å². The first-order valence-electron chi connectivity index (χ1n) is 2.81. The normalized spacial score (nSPS) is 8.75. The van der Waals surface area contributed by atoms with E-state index < -0.39 is 5.97 Å². The molecule has 0 saturated carbocycles. The number of phenols is 1. The van der Waals surface area contributed by atoms with Crippen LogP contribution in [0, 0.1) is 0 Å². The molecule has 0 aliphatic heterocycles. The van der Waals surface area contributed by atoms with Gasteiger partial charge in [-0.05, 0) is 18.2 Å². The Labute approximate surface area is 86.1 Å². The van der Waals surface area contributed by atoms with Crippen LogP contribution in [0.5, 0.6) is 5.75 Å². The Morgan fingerprint density at radius 2 is 2.08 bits per heavy atom. The van der Waals surface area contributed by atoms with E-state index in [1.165, 1.54) is 12.1 Å². The van der Waals surface area contributed by atoms with Crippen molar-refractivity contribution in [3.05, 3.63) is 28.8 Å². The fraction of sp³-hybridized carbons (Fsp3) is 0. The predicted octanol–water partition coefficient (Wildman–Crippen LogP) is -2.59. The molecule has 1 N–H and O–H groups in total. The minimum Gasteiger partial charge on any atom is -0.545 e. The number of halogens is 1. The number of carboxylic acid groups (broad SMARTS) is 1. The van der Waals surface area contributed by atoms with Crippen molar-refractivity contribution < 1.29 is 33.9 Å². The van der Waals surface area contributed by atoms with Gasteiger partial charge in [-0.25, -0.2) is 0 Å². The topological polar surface area (TPSA) is 60.4 Å². The summed E-state index contributed by atoms with van der Waals surface area (Å²) in [4.78, 5) is 10.2. The number of aromatic carboxylic acids is 1. The third-order valence-electron chi connectivity index (χ3n) is 1.18. The Bertz CT molecular complexity index is 301. The molecule has 0 amide bonds. The molecule has 0 atom stereocenters. The van der Waals surface area contributed by atoms with E-state index in [1.54, 1.807) is 0 Å². The van der Waals surface area contributed by atoms with Crippen LogP contribution in [0.1, 0.15) is 10.4 Å². The second kappa shape index (κ2) is 4.41. The number of carboxylic acids is 1. The Kier molecular flexibility index (Phi) is 4.19. The molecule has 1 aromatic rings. The average molecular weight is 178 g/mol. The van der Waals surface area contributed by atoms with E-state index in [2.05, 4.69) is 0 Å². The summed E-state index contributed by atoms with van der Waals surface area (Å²) in [5.41, 5.74) is -0.294. The van der Waals surface area contributed by atoms with E-state index in [0.29, 0.717) is 0 Å². The molecule has 12 heavy (non-hydrogen) atoms. The molecule has 0 heterocycles. The van der Waals surface area contributed by atoms with Gasteiger partial charge in [-0.2, -0.15) is 0 Å². The molecule has 0 unspecified atom stereocenters. The molecule has 0 bridgehead atoms. The van der Waals surface area contributed by atoms with Gasteiger partial charge in [0.05, 0.1) is 5.97 Å². The van der Waals surface area contributed by atoms with Gasteiger partial charge in [0.2, 0.25) is 0 Å². The molecule has 0 fully saturated rings. The molecule has 0 aromatic heterocycles. The monoisotopic (exact) mass is 178 g/mol. The summed E-state index contributed by atoms with van der Waals surface area (Å²) >= 11 is 5.46. The molecule has 0 aliphatic rings. The van der Waals surface area contributed by atoms with E-state index >= 15 is 0 Å². The summed E-state index contributed by atoms with van der Waals surface area (Å²) in [7, 11) is 0. The number of benzene rings is 1. The maximum Gasteiger partial charge on any atom is 1.00 e. The number of rotatable bonds is 1. The van der Waals surface area contributed by atoms with Crippen molar-refractivity contribution in [2.24, 2.45) is 0 Å². The number of carbonyl (C=O) groups is 1. The SMILES string of the molecule is O=C([O-])c1cc(Cl)ccc1O.[Li+]. The van der Waals surface area contributed by atoms with Gasteiger partial charge >= 0.3 is 18.9 Å². The zero-order chi connectivity index (χ0) is 8.43. The van der Waals surface area contributed by atoms with Gasteiger partial charge in [0.1, 0.15) is 5.75 Å². The molecule has 0 spiro atoms. The van der Waals surface area contributed by atoms with Crippen molar-refractivity contribution in [3.63, 3.8) is 0 Å². The quantitative estimate of drug-likeness (QED) is 0.481. The number of aromatic hydroxyl groups is 1. The smallest absolute Gasteiger partial charge is 0.545 e. The van der Waals surface area contributed by atoms with Gasteiger partial charge in [-0.15, -0.1) is 0 Å². The van der Waals surface area contributed by atoms with Gasteiger partial charge in [0, 0.05) is 10.6 Å². The fourth-order valence-corrected chi connectivity index (χ4v) is 0.844. The number of carbonyl (C=O) groups excluding carboxylic acids is 1. The van der Waals surface area contributed by atoms with Crippen molar-refractivity contribution in [2.75, 3.05) is 0 Å². The van der Waals surface area contributed by atoms with Crippen LogP contribution in [0.4, 0.5) is 0 Å². The van der Waals surface area contributed by atoms with Gasteiger partial charge < -0.3 is 15.0 Å². The third-order valence-corrected chi connectivity index (χ3v) is 1.41. The largest absolute Gasteiger partial charge is 1.00 e. The first kappa shape index (κ1) is 11.4. The van der Waals surface area contributed by atoms with Crippen LogP contribution >= 0.6 is 11.6 Å².